The maximum Gasteiger partial charge on any atom is 0.417 e. The number of nitrogens with one attached hydrogen (secondary N) is 1. The van der Waals surface area contributed by atoms with Crippen LogP contribution in [0.4, 0.5) is 10.5 Å². The first-order chi connectivity index (χ1) is 9.71. The zero-order chi connectivity index (χ0) is 14.4. The van der Waals surface area contributed by atoms with Crippen LogP contribution >= 0.6 is 11.8 Å². The second kappa shape index (κ2) is 6.86. The summed E-state index contributed by atoms with van der Waals surface area (Å²) in [7, 11) is 1.56. The number of methoxy groups -OCH3 is 1. The van der Waals surface area contributed by atoms with Crippen molar-refractivity contribution in [2.45, 2.75) is 4.90 Å². The quantitative estimate of drug-likeness (QED) is 0.863. The SMILES string of the molecule is COc1cccc(OC(=O)Nc2ccc(SC)cc2)c1. The molecular weight excluding hydrogens is 274 g/mol. The van der Waals surface area contributed by atoms with E-state index in [2.05, 4.69) is 5.32 Å². The second-order valence-corrected chi connectivity index (χ2v) is 4.80. The number of carbonyl (C=O) groups is 1. The van der Waals surface area contributed by atoms with Gasteiger partial charge in [0.1, 0.15) is 11.5 Å². The fourth-order valence-electron chi connectivity index (χ4n) is 1.59. The predicted octanol–water partition coefficient (Wildman–Crippen LogP) is 4.03. The molecule has 104 valence electrons. The minimum Gasteiger partial charge on any atom is -0.497 e. The largest absolute Gasteiger partial charge is 0.497 e. The van der Waals surface area contributed by atoms with Gasteiger partial charge >= 0.3 is 6.09 Å². The molecule has 0 saturated carbocycles. The summed E-state index contributed by atoms with van der Waals surface area (Å²) in [6, 6.07) is 14.4. The summed E-state index contributed by atoms with van der Waals surface area (Å²) in [5.41, 5.74) is 0.690. The molecule has 0 bridgehead atoms. The van der Waals surface area contributed by atoms with E-state index >= 15 is 0 Å². The average Bonchev–Trinajstić information content (AvgIpc) is 2.48. The van der Waals surface area contributed by atoms with Crippen molar-refractivity contribution in [2.75, 3.05) is 18.7 Å². The van der Waals surface area contributed by atoms with E-state index < -0.39 is 6.09 Å². The number of ether oxygens (including phenoxy) is 2. The fraction of sp³-hybridized carbons (Fsp3) is 0.133. The van der Waals surface area contributed by atoms with Crippen LogP contribution in [0, 0.1) is 0 Å². The highest BCUT2D eigenvalue weighted by molar-refractivity contribution is 7.98. The van der Waals surface area contributed by atoms with E-state index in [1.54, 1.807) is 43.1 Å². The third-order valence-corrected chi connectivity index (χ3v) is 3.33. The molecule has 0 aliphatic heterocycles. The molecule has 20 heavy (non-hydrogen) atoms. The standard InChI is InChI=1S/C15H15NO3S/c1-18-12-4-3-5-13(10-12)19-15(17)16-11-6-8-14(20-2)9-7-11/h3-10H,1-2H3,(H,16,17). The van der Waals surface area contributed by atoms with Crippen LogP contribution < -0.4 is 14.8 Å². The van der Waals surface area contributed by atoms with E-state index in [0.29, 0.717) is 17.2 Å². The lowest BCUT2D eigenvalue weighted by Crippen LogP contribution is -2.16. The zero-order valence-corrected chi connectivity index (χ0v) is 12.1. The summed E-state index contributed by atoms with van der Waals surface area (Å²) >= 11 is 1.65. The lowest BCUT2D eigenvalue weighted by atomic mass is 10.3. The average molecular weight is 289 g/mol. The molecule has 0 radical (unpaired) electrons. The number of rotatable bonds is 4. The third kappa shape index (κ3) is 3.93. The number of thioether (sulfide) groups is 1. The summed E-state index contributed by atoms with van der Waals surface area (Å²) in [6.45, 7) is 0. The second-order valence-electron chi connectivity index (χ2n) is 3.92. The Balaban J connectivity index is 1.97. The van der Waals surface area contributed by atoms with Crippen LogP contribution in [-0.2, 0) is 0 Å². The molecule has 0 saturated heterocycles. The Hall–Kier alpha value is -2.14. The first-order valence-electron chi connectivity index (χ1n) is 5.98. The number of amides is 1. The molecule has 2 aromatic carbocycles. The van der Waals surface area contributed by atoms with Crippen LogP contribution in [0.3, 0.4) is 0 Å². The molecule has 1 N–H and O–H groups in total. The van der Waals surface area contributed by atoms with Crippen molar-refractivity contribution >= 4 is 23.5 Å². The van der Waals surface area contributed by atoms with Crippen molar-refractivity contribution < 1.29 is 14.3 Å². The van der Waals surface area contributed by atoms with E-state index in [0.717, 1.165) is 4.90 Å². The molecule has 0 spiro atoms. The molecule has 1 amide bonds. The van der Waals surface area contributed by atoms with Crippen LogP contribution in [-0.4, -0.2) is 19.5 Å². The molecule has 2 aromatic rings. The Morgan fingerprint density at radius 2 is 1.80 bits per heavy atom. The Morgan fingerprint density at radius 3 is 2.45 bits per heavy atom. The van der Waals surface area contributed by atoms with E-state index in [4.69, 9.17) is 9.47 Å². The van der Waals surface area contributed by atoms with Gasteiger partial charge in [-0.05, 0) is 42.7 Å². The van der Waals surface area contributed by atoms with Crippen molar-refractivity contribution in [2.24, 2.45) is 0 Å². The summed E-state index contributed by atoms with van der Waals surface area (Å²) < 4.78 is 10.2. The molecular formula is C15H15NO3S. The number of carbonyl (C=O) groups excluding carboxylic acids is 1. The van der Waals surface area contributed by atoms with Gasteiger partial charge in [0.25, 0.3) is 0 Å². The Labute approximate surface area is 122 Å². The summed E-state index contributed by atoms with van der Waals surface area (Å²) in [6.07, 6.45) is 1.47. The van der Waals surface area contributed by atoms with Crippen LogP contribution in [0.15, 0.2) is 53.4 Å². The van der Waals surface area contributed by atoms with Gasteiger partial charge in [-0.3, -0.25) is 5.32 Å². The molecule has 4 nitrogen and oxygen atoms in total. The maximum absolute atomic E-state index is 11.8. The zero-order valence-electron chi connectivity index (χ0n) is 11.3. The van der Waals surface area contributed by atoms with E-state index in [-0.39, 0.29) is 0 Å². The van der Waals surface area contributed by atoms with Gasteiger partial charge in [0.2, 0.25) is 0 Å². The molecule has 0 heterocycles. The summed E-state index contributed by atoms with van der Waals surface area (Å²) in [4.78, 5) is 12.9. The van der Waals surface area contributed by atoms with Gasteiger partial charge in [-0.2, -0.15) is 0 Å². The molecule has 0 fully saturated rings. The molecule has 2 rings (SSSR count). The lowest BCUT2D eigenvalue weighted by Gasteiger charge is -2.08. The first kappa shape index (κ1) is 14.3. The normalized spacial score (nSPS) is 9.90. The minimum atomic E-state index is -0.532. The van der Waals surface area contributed by atoms with Gasteiger partial charge in [0.15, 0.2) is 0 Å². The van der Waals surface area contributed by atoms with Gasteiger partial charge in [-0.25, -0.2) is 4.79 Å². The van der Waals surface area contributed by atoms with Crippen molar-refractivity contribution in [3.63, 3.8) is 0 Å². The van der Waals surface area contributed by atoms with E-state index in [1.807, 2.05) is 30.5 Å². The molecule has 0 aliphatic rings. The van der Waals surface area contributed by atoms with Gasteiger partial charge in [0, 0.05) is 16.6 Å². The lowest BCUT2D eigenvalue weighted by molar-refractivity contribution is 0.215. The molecule has 0 unspecified atom stereocenters. The van der Waals surface area contributed by atoms with Crippen molar-refractivity contribution in [1.29, 1.82) is 0 Å². The van der Waals surface area contributed by atoms with Gasteiger partial charge in [-0.15, -0.1) is 11.8 Å². The molecule has 0 atom stereocenters. The van der Waals surface area contributed by atoms with Crippen LogP contribution in [0.2, 0.25) is 0 Å². The van der Waals surface area contributed by atoms with Crippen molar-refractivity contribution in [3.05, 3.63) is 48.5 Å². The van der Waals surface area contributed by atoms with Crippen LogP contribution in [0.5, 0.6) is 11.5 Å². The fourth-order valence-corrected chi connectivity index (χ4v) is 2.00. The summed E-state index contributed by atoms with van der Waals surface area (Å²) in [5.74, 6) is 1.07. The number of hydrogen-bond donors (Lipinski definition) is 1. The van der Waals surface area contributed by atoms with E-state index in [1.165, 1.54) is 0 Å². The Kier molecular flexibility index (Phi) is 4.90. The maximum atomic E-state index is 11.8. The topological polar surface area (TPSA) is 47.6 Å². The van der Waals surface area contributed by atoms with Crippen molar-refractivity contribution in [1.82, 2.24) is 0 Å². The highest BCUT2D eigenvalue weighted by Gasteiger charge is 2.06. The Bertz CT molecular complexity index is 584. The van der Waals surface area contributed by atoms with Gasteiger partial charge in [0.05, 0.1) is 7.11 Å². The predicted molar refractivity (Wildman–Crippen MR) is 80.9 cm³/mol. The van der Waals surface area contributed by atoms with Crippen molar-refractivity contribution in [3.8, 4) is 11.5 Å². The monoisotopic (exact) mass is 289 g/mol. The highest BCUT2D eigenvalue weighted by atomic mass is 32.2. The number of benzene rings is 2. The highest BCUT2D eigenvalue weighted by Crippen LogP contribution is 2.20. The van der Waals surface area contributed by atoms with Gasteiger partial charge < -0.3 is 9.47 Å². The third-order valence-electron chi connectivity index (χ3n) is 2.59. The minimum absolute atomic E-state index is 0.433. The van der Waals surface area contributed by atoms with Crippen LogP contribution in [0.25, 0.3) is 0 Å². The summed E-state index contributed by atoms with van der Waals surface area (Å²) in [5, 5.41) is 2.67. The van der Waals surface area contributed by atoms with Crippen LogP contribution in [0.1, 0.15) is 0 Å². The molecule has 0 aliphatic carbocycles. The molecule has 5 heteroatoms. The Morgan fingerprint density at radius 1 is 1.10 bits per heavy atom. The molecule has 0 aromatic heterocycles. The van der Waals surface area contributed by atoms with Gasteiger partial charge in [-0.1, -0.05) is 6.07 Å². The smallest absolute Gasteiger partial charge is 0.417 e. The number of anilines is 1. The van der Waals surface area contributed by atoms with E-state index in [9.17, 15) is 4.79 Å². The number of hydrogen-bond acceptors (Lipinski definition) is 4. The first-order valence-corrected chi connectivity index (χ1v) is 7.20.